The monoisotopic (exact) mass is 376 g/mol. The van der Waals surface area contributed by atoms with Crippen LogP contribution in [-0.4, -0.2) is 20.9 Å². The van der Waals surface area contributed by atoms with Crippen molar-refractivity contribution < 1.29 is 13.2 Å². The molecule has 0 saturated carbocycles. The first-order valence-corrected chi connectivity index (χ1v) is 9.29. The first-order valence-electron chi connectivity index (χ1n) is 7.43. The van der Waals surface area contributed by atoms with E-state index in [9.17, 15) is 13.2 Å². The minimum absolute atomic E-state index is 0.0189. The first kappa shape index (κ1) is 19.0. The average Bonchev–Trinajstić information content (AvgIpc) is 2.60. The summed E-state index contributed by atoms with van der Waals surface area (Å²) >= 11 is 5.85. The summed E-state index contributed by atoms with van der Waals surface area (Å²) in [5.41, 5.74) is 1.13. The number of halogens is 1. The zero-order chi connectivity index (χ0) is 18.4. The normalized spacial score (nSPS) is 12.2. The summed E-state index contributed by atoms with van der Waals surface area (Å²) < 4.78 is 26.4. The first-order chi connectivity index (χ1) is 11.8. The number of sulfonamides is 1. The minimum atomic E-state index is -3.75. The topological polar surface area (TPSA) is 75.3 Å². The fourth-order valence-corrected chi connectivity index (χ4v) is 3.25. The van der Waals surface area contributed by atoms with Crippen molar-refractivity contribution in [2.75, 3.05) is 6.54 Å². The molecule has 0 bridgehead atoms. The molecule has 0 aliphatic rings. The van der Waals surface area contributed by atoms with E-state index in [0.717, 1.165) is 5.56 Å². The van der Waals surface area contributed by atoms with E-state index >= 15 is 0 Å². The fourth-order valence-electron chi connectivity index (χ4n) is 2.14. The lowest BCUT2D eigenvalue weighted by atomic mass is 10.1. The highest BCUT2D eigenvalue weighted by Crippen LogP contribution is 2.17. The van der Waals surface area contributed by atoms with Gasteiger partial charge in [-0.2, -0.15) is 4.72 Å². The number of rotatable bonds is 6. The fraction of sp³-hybridized carbons (Fsp3) is 0.167. The molecular weight excluding hydrogens is 360 g/mol. The quantitative estimate of drug-likeness (QED) is 0.761. The second kappa shape index (κ2) is 8.17. The van der Waals surface area contributed by atoms with E-state index < -0.39 is 10.0 Å². The van der Waals surface area contributed by atoms with Crippen molar-refractivity contribution in [3.63, 3.8) is 0 Å². The number of hydrogen-bond donors (Lipinski definition) is 2. The van der Waals surface area contributed by atoms with Crippen LogP contribution in [0.3, 0.4) is 0 Å². The van der Waals surface area contributed by atoms with Crippen molar-refractivity contribution in [3.05, 3.63) is 64.7 Å². The van der Waals surface area contributed by atoms with Crippen molar-refractivity contribution in [1.29, 1.82) is 0 Å². The molecule has 1 amide bonds. The van der Waals surface area contributed by atoms with E-state index in [1.165, 1.54) is 18.2 Å². The maximum Gasteiger partial charge on any atom is 0.251 e. The molecule has 1 atom stereocenters. The second-order valence-corrected chi connectivity index (χ2v) is 7.51. The molecule has 0 saturated heterocycles. The summed E-state index contributed by atoms with van der Waals surface area (Å²) in [7, 11) is -3.75. The highest BCUT2D eigenvalue weighted by atomic mass is 35.5. The van der Waals surface area contributed by atoms with Crippen molar-refractivity contribution in [3.8, 4) is 12.3 Å². The van der Waals surface area contributed by atoms with Gasteiger partial charge in [0.25, 0.3) is 5.91 Å². The number of hydrogen-bond acceptors (Lipinski definition) is 3. The van der Waals surface area contributed by atoms with E-state index in [-0.39, 0.29) is 29.0 Å². The number of amides is 1. The van der Waals surface area contributed by atoms with Crippen molar-refractivity contribution in [2.45, 2.75) is 17.9 Å². The van der Waals surface area contributed by atoms with Gasteiger partial charge in [0.1, 0.15) is 0 Å². The predicted octanol–water partition coefficient (Wildman–Crippen LogP) is 2.74. The van der Waals surface area contributed by atoms with Gasteiger partial charge in [-0.25, -0.2) is 8.42 Å². The Morgan fingerprint density at radius 3 is 2.56 bits per heavy atom. The SMILES string of the molecule is C#CCNS(=O)(=O)c1cccc(C(=O)NC(C)c2ccc(Cl)cc2)c1. The lowest BCUT2D eigenvalue weighted by Crippen LogP contribution is -2.27. The van der Waals surface area contributed by atoms with Crippen LogP contribution in [0.25, 0.3) is 0 Å². The van der Waals surface area contributed by atoms with Gasteiger partial charge in [0.2, 0.25) is 10.0 Å². The molecule has 2 rings (SSSR count). The van der Waals surface area contributed by atoms with E-state index in [2.05, 4.69) is 16.0 Å². The van der Waals surface area contributed by atoms with Crippen LogP contribution >= 0.6 is 11.6 Å². The van der Waals surface area contributed by atoms with Crippen molar-refractivity contribution in [2.24, 2.45) is 0 Å². The van der Waals surface area contributed by atoms with Crippen LogP contribution in [-0.2, 0) is 10.0 Å². The number of nitrogens with one attached hydrogen (secondary N) is 2. The molecule has 0 aromatic heterocycles. The Balaban J connectivity index is 2.16. The highest BCUT2D eigenvalue weighted by Gasteiger charge is 2.17. The van der Waals surface area contributed by atoms with Crippen LogP contribution in [0.1, 0.15) is 28.9 Å². The maximum atomic E-state index is 12.4. The molecule has 0 heterocycles. The molecule has 7 heteroatoms. The van der Waals surface area contributed by atoms with Crippen molar-refractivity contribution >= 4 is 27.5 Å². The van der Waals surface area contributed by atoms with Gasteiger partial charge in [0.15, 0.2) is 0 Å². The second-order valence-electron chi connectivity index (χ2n) is 5.30. The lowest BCUT2D eigenvalue weighted by molar-refractivity contribution is 0.0939. The molecule has 0 aliphatic carbocycles. The van der Waals surface area contributed by atoms with Crippen LogP contribution in [0.2, 0.25) is 5.02 Å². The third kappa shape index (κ3) is 5.07. The number of terminal acetylenes is 1. The zero-order valence-corrected chi connectivity index (χ0v) is 15.1. The van der Waals surface area contributed by atoms with Gasteiger partial charge in [0.05, 0.1) is 17.5 Å². The summed E-state index contributed by atoms with van der Waals surface area (Å²) in [5, 5.41) is 3.43. The average molecular weight is 377 g/mol. The molecule has 1 unspecified atom stereocenters. The van der Waals surface area contributed by atoms with Gasteiger partial charge in [-0.1, -0.05) is 35.7 Å². The van der Waals surface area contributed by atoms with Gasteiger partial charge >= 0.3 is 0 Å². The summed E-state index contributed by atoms with van der Waals surface area (Å²) in [6.45, 7) is 1.71. The minimum Gasteiger partial charge on any atom is -0.346 e. The van der Waals surface area contributed by atoms with Gasteiger partial charge in [-0.3, -0.25) is 4.79 Å². The van der Waals surface area contributed by atoms with Gasteiger partial charge < -0.3 is 5.32 Å². The molecule has 0 fully saturated rings. The molecule has 2 N–H and O–H groups in total. The molecule has 130 valence electrons. The van der Waals surface area contributed by atoms with E-state index in [0.29, 0.717) is 5.02 Å². The summed E-state index contributed by atoms with van der Waals surface area (Å²) in [6, 6.07) is 12.6. The molecule has 0 aliphatic heterocycles. The standard InChI is InChI=1S/C18H17ClN2O3S/c1-3-11-20-25(23,24)17-6-4-5-15(12-17)18(22)21-13(2)14-7-9-16(19)10-8-14/h1,4-10,12-13,20H,11H2,2H3,(H,21,22). The Hall–Kier alpha value is -2.33. The molecule has 25 heavy (non-hydrogen) atoms. The summed E-state index contributed by atoms with van der Waals surface area (Å²) in [5.74, 6) is 1.82. The smallest absolute Gasteiger partial charge is 0.251 e. The highest BCUT2D eigenvalue weighted by molar-refractivity contribution is 7.89. The molecular formula is C18H17ClN2O3S. The third-order valence-electron chi connectivity index (χ3n) is 3.49. The van der Waals surface area contributed by atoms with Crippen LogP contribution in [0.4, 0.5) is 0 Å². The molecule has 2 aromatic carbocycles. The Morgan fingerprint density at radius 2 is 1.92 bits per heavy atom. The maximum absolute atomic E-state index is 12.4. The molecule has 0 spiro atoms. The van der Waals surface area contributed by atoms with Gasteiger partial charge in [-0.15, -0.1) is 6.42 Å². The van der Waals surface area contributed by atoms with E-state index in [1.54, 1.807) is 18.2 Å². The molecule has 0 radical (unpaired) electrons. The Bertz CT molecular complexity index is 903. The van der Waals surface area contributed by atoms with Crippen LogP contribution in [0.15, 0.2) is 53.4 Å². The Kier molecular flexibility index (Phi) is 6.21. The third-order valence-corrected chi connectivity index (χ3v) is 5.14. The zero-order valence-electron chi connectivity index (χ0n) is 13.5. The van der Waals surface area contributed by atoms with Crippen LogP contribution in [0, 0.1) is 12.3 Å². The van der Waals surface area contributed by atoms with Gasteiger partial charge in [-0.05, 0) is 42.8 Å². The number of benzene rings is 2. The molecule has 5 nitrogen and oxygen atoms in total. The lowest BCUT2D eigenvalue weighted by Gasteiger charge is -2.15. The molecule has 2 aromatic rings. The van der Waals surface area contributed by atoms with E-state index in [1.807, 2.05) is 19.1 Å². The number of carbonyl (C=O) groups is 1. The van der Waals surface area contributed by atoms with Gasteiger partial charge in [0, 0.05) is 10.6 Å². The summed E-state index contributed by atoms with van der Waals surface area (Å²) in [4.78, 5) is 12.4. The Labute approximate surface area is 152 Å². The van der Waals surface area contributed by atoms with Crippen LogP contribution in [0.5, 0.6) is 0 Å². The summed E-state index contributed by atoms with van der Waals surface area (Å²) in [6.07, 6.45) is 5.06. The predicted molar refractivity (Wildman–Crippen MR) is 97.8 cm³/mol. The Morgan fingerprint density at radius 1 is 1.24 bits per heavy atom. The van der Waals surface area contributed by atoms with Crippen LogP contribution < -0.4 is 10.0 Å². The number of carbonyl (C=O) groups excluding carboxylic acids is 1. The van der Waals surface area contributed by atoms with E-state index in [4.69, 9.17) is 18.0 Å². The largest absolute Gasteiger partial charge is 0.346 e. The van der Waals surface area contributed by atoms with Crippen molar-refractivity contribution in [1.82, 2.24) is 10.0 Å².